The van der Waals surface area contributed by atoms with Crippen molar-refractivity contribution in [2.75, 3.05) is 37.9 Å². The second kappa shape index (κ2) is 22.8. The van der Waals surface area contributed by atoms with Crippen LogP contribution in [0.15, 0.2) is 109 Å². The Morgan fingerprint density at radius 3 is 1.62 bits per heavy atom. The average molecular weight is 1080 g/mol. The molecule has 0 saturated heterocycles. The molecule has 0 radical (unpaired) electrons. The van der Waals surface area contributed by atoms with Crippen molar-refractivity contribution in [1.29, 1.82) is 0 Å². The number of alkyl halides is 6. The molecule has 2 aliphatic rings. The van der Waals surface area contributed by atoms with Crippen LogP contribution in [0.2, 0.25) is 0 Å². The summed E-state index contributed by atoms with van der Waals surface area (Å²) in [5, 5.41) is 25.9. The third-order valence-corrected chi connectivity index (χ3v) is 13.6. The van der Waals surface area contributed by atoms with E-state index in [1.807, 2.05) is 32.0 Å². The van der Waals surface area contributed by atoms with Gasteiger partial charge in [0, 0.05) is 53.7 Å². The Kier molecular flexibility index (Phi) is 16.0. The zero-order chi connectivity index (χ0) is 55.5. The molecule has 10 rings (SSSR count). The van der Waals surface area contributed by atoms with Gasteiger partial charge in [-0.25, -0.2) is 19.0 Å². The Labute approximate surface area is 444 Å². The number of hydrogen-bond donors (Lipinski definition) is 3. The lowest BCUT2D eigenvalue weighted by molar-refractivity contribution is -0.132. The number of imidazole rings is 2. The Morgan fingerprint density at radius 2 is 1.13 bits per heavy atom. The van der Waals surface area contributed by atoms with Gasteiger partial charge in [-0.15, -0.1) is 0 Å². The number of ketones is 3. The summed E-state index contributed by atoms with van der Waals surface area (Å²) in [5.41, 5.74) is 7.77. The van der Waals surface area contributed by atoms with Crippen LogP contribution in [0.1, 0.15) is 117 Å². The molecule has 3 N–H and O–H groups in total. The normalized spacial score (nSPS) is 13.9. The highest BCUT2D eigenvalue weighted by Crippen LogP contribution is 2.37. The van der Waals surface area contributed by atoms with Gasteiger partial charge in [0.1, 0.15) is 23.3 Å². The van der Waals surface area contributed by atoms with Crippen LogP contribution in [-0.2, 0) is 0 Å². The minimum atomic E-state index is -4.34. The summed E-state index contributed by atoms with van der Waals surface area (Å²) in [7, 11) is 3.00. The molecule has 406 valence electrons. The number of aliphatic hydroxyl groups is 1. The maximum atomic E-state index is 13.4. The maximum absolute atomic E-state index is 13.4. The summed E-state index contributed by atoms with van der Waals surface area (Å²) >= 11 is 0. The first-order valence-corrected chi connectivity index (χ1v) is 25.4. The van der Waals surface area contributed by atoms with Gasteiger partial charge in [0.05, 0.1) is 67.9 Å². The maximum Gasteiger partial charge on any atom is 0.390 e. The predicted octanol–water partition coefficient (Wildman–Crippen LogP) is 12.4. The van der Waals surface area contributed by atoms with E-state index < -0.39 is 43.6 Å². The van der Waals surface area contributed by atoms with E-state index in [4.69, 9.17) is 9.47 Å². The van der Waals surface area contributed by atoms with Gasteiger partial charge in [-0.05, 0) is 117 Å². The van der Waals surface area contributed by atoms with E-state index >= 15 is 0 Å². The SMILES string of the molecule is COc1cccc(C(=O)c2cc(NCCC(F)(F)F)c3ncc(-c4ccc(C(=O)CC5CC5)c(C)c4)n3n2)c1.COc1cccc(C(O)c2cc(NCCC(F)(F)F)c3ncc(-c4ccc(C(=O)CC5CC5)c(C)c4)n3n2)c1. The molecule has 4 aromatic heterocycles. The number of aryl methyl sites for hydroxylation is 2. The highest BCUT2D eigenvalue weighted by atomic mass is 19.4. The van der Waals surface area contributed by atoms with Crippen molar-refractivity contribution in [2.45, 2.75) is 83.7 Å². The summed E-state index contributed by atoms with van der Waals surface area (Å²) in [6.07, 6.45) is -3.32. The molecule has 4 heterocycles. The number of carbonyl (C=O) groups is 3. The Morgan fingerprint density at radius 1 is 0.641 bits per heavy atom. The highest BCUT2D eigenvalue weighted by molar-refractivity contribution is 6.08. The summed E-state index contributed by atoms with van der Waals surface area (Å²) in [5.74, 6) is 1.80. The molecule has 4 aromatic carbocycles. The monoisotopic (exact) mass is 1070 g/mol. The van der Waals surface area contributed by atoms with Crippen molar-refractivity contribution in [3.63, 3.8) is 0 Å². The highest BCUT2D eigenvalue weighted by Gasteiger charge is 2.30. The van der Waals surface area contributed by atoms with Gasteiger partial charge in [-0.1, -0.05) is 48.5 Å². The topological polar surface area (TPSA) is 174 Å². The largest absolute Gasteiger partial charge is 0.497 e. The Balaban J connectivity index is 0.000000190. The standard InChI is InChI=1S/C29H29F3N4O3.C29H27F3N4O3/c2*1-17-12-19(8-9-22(17)26(37)13-18-6-7-18)25-16-34-28-24(33-11-10-29(30,31)32)15-23(35-36(25)28)27(38)20-4-3-5-21(14-20)39-2/h3-5,8-9,12,14-16,18,27,33,38H,6-7,10-11,13H2,1-2H3;3-5,8-9,12,14-16,18,33H,6-7,10-11,13H2,1-2H3. The number of aliphatic hydroxyl groups excluding tert-OH is 1. The zero-order valence-corrected chi connectivity index (χ0v) is 43.1. The van der Waals surface area contributed by atoms with Crippen LogP contribution in [0.3, 0.4) is 0 Å². The van der Waals surface area contributed by atoms with Gasteiger partial charge >= 0.3 is 12.4 Å². The van der Waals surface area contributed by atoms with Crippen LogP contribution < -0.4 is 20.1 Å². The van der Waals surface area contributed by atoms with Gasteiger partial charge in [0.2, 0.25) is 5.78 Å². The van der Waals surface area contributed by atoms with E-state index in [-0.39, 0.29) is 40.8 Å². The fourth-order valence-electron chi connectivity index (χ4n) is 9.09. The lowest BCUT2D eigenvalue weighted by atomic mass is 9.98. The van der Waals surface area contributed by atoms with E-state index in [0.29, 0.717) is 86.7 Å². The van der Waals surface area contributed by atoms with E-state index in [0.717, 1.165) is 42.4 Å². The number of ether oxygens (including phenoxy) is 2. The van der Waals surface area contributed by atoms with Gasteiger partial charge in [0.15, 0.2) is 22.9 Å². The quantitative estimate of drug-likeness (QED) is 0.0487. The molecule has 2 saturated carbocycles. The van der Waals surface area contributed by atoms with Gasteiger partial charge in [-0.3, -0.25) is 14.4 Å². The number of anilines is 2. The van der Waals surface area contributed by atoms with Crippen LogP contribution in [0.25, 0.3) is 33.8 Å². The van der Waals surface area contributed by atoms with Crippen molar-refractivity contribution in [3.05, 3.63) is 154 Å². The first-order valence-electron chi connectivity index (χ1n) is 25.4. The van der Waals surface area contributed by atoms with Crippen LogP contribution in [-0.4, -0.2) is 91.3 Å². The van der Waals surface area contributed by atoms with Crippen molar-refractivity contribution in [1.82, 2.24) is 29.2 Å². The molecule has 14 nitrogen and oxygen atoms in total. The van der Waals surface area contributed by atoms with Gasteiger partial charge in [0.25, 0.3) is 0 Å². The lowest BCUT2D eigenvalue weighted by Crippen LogP contribution is -2.16. The minimum absolute atomic E-state index is 0.0254. The molecule has 0 spiro atoms. The molecule has 2 fully saturated rings. The molecule has 0 bridgehead atoms. The summed E-state index contributed by atoms with van der Waals surface area (Å²) in [6.45, 7) is 2.98. The number of nitrogens with one attached hydrogen (secondary N) is 2. The number of benzene rings is 4. The lowest BCUT2D eigenvalue weighted by Gasteiger charge is -2.16. The number of fused-ring (bicyclic) bond motifs is 2. The Hall–Kier alpha value is -8.13. The number of aromatic nitrogens is 6. The molecule has 0 aliphatic heterocycles. The molecule has 78 heavy (non-hydrogen) atoms. The summed E-state index contributed by atoms with van der Waals surface area (Å²) in [4.78, 5) is 47.6. The van der Waals surface area contributed by atoms with Crippen molar-refractivity contribution in [3.8, 4) is 34.0 Å². The number of Topliss-reactive ketones (excluding diaryl/α,β-unsaturated/α-hetero) is 2. The molecule has 20 heteroatoms. The summed E-state index contributed by atoms with van der Waals surface area (Å²) < 4.78 is 90.5. The van der Waals surface area contributed by atoms with E-state index in [1.165, 1.54) is 35.4 Å². The van der Waals surface area contributed by atoms with E-state index in [1.54, 1.807) is 79.1 Å². The first-order chi connectivity index (χ1) is 37.2. The molecular weight excluding hydrogens is 1020 g/mol. The second-order valence-electron chi connectivity index (χ2n) is 19.7. The smallest absolute Gasteiger partial charge is 0.390 e. The molecule has 2 aliphatic carbocycles. The molecule has 1 atom stereocenters. The molecule has 0 amide bonds. The van der Waals surface area contributed by atoms with Gasteiger partial charge in [-0.2, -0.15) is 36.5 Å². The predicted molar refractivity (Wildman–Crippen MR) is 281 cm³/mol. The number of carbonyl (C=O) groups excluding carboxylic acids is 3. The van der Waals surface area contributed by atoms with Crippen molar-refractivity contribution < 1.29 is 55.3 Å². The third-order valence-electron chi connectivity index (χ3n) is 13.6. The summed E-state index contributed by atoms with van der Waals surface area (Å²) in [6, 6.07) is 27.3. The zero-order valence-electron chi connectivity index (χ0n) is 43.1. The fraction of sp³-hybridized carbons (Fsp3) is 0.328. The van der Waals surface area contributed by atoms with Crippen LogP contribution in [0.5, 0.6) is 11.5 Å². The second-order valence-corrected chi connectivity index (χ2v) is 19.7. The van der Waals surface area contributed by atoms with Crippen LogP contribution in [0, 0.1) is 25.7 Å². The number of nitrogens with zero attached hydrogens (tertiary/aromatic N) is 6. The minimum Gasteiger partial charge on any atom is -0.497 e. The first kappa shape index (κ1) is 54.7. The molecule has 1 unspecified atom stereocenters. The van der Waals surface area contributed by atoms with E-state index in [2.05, 4.69) is 30.8 Å². The Bertz CT molecular complexity index is 3530. The fourth-order valence-corrected chi connectivity index (χ4v) is 9.09. The number of rotatable bonds is 20. The molecular formula is C58H56F6N8O6. The third kappa shape index (κ3) is 13.2. The number of methoxy groups -OCH3 is 2. The van der Waals surface area contributed by atoms with Gasteiger partial charge < -0.3 is 25.2 Å². The van der Waals surface area contributed by atoms with Crippen LogP contribution >= 0.6 is 0 Å². The molecule has 8 aromatic rings. The average Bonchev–Trinajstić information content (AvgIpc) is 4.34. The number of hydrogen-bond acceptors (Lipinski definition) is 12. The van der Waals surface area contributed by atoms with E-state index in [9.17, 15) is 45.8 Å². The number of halogens is 6. The van der Waals surface area contributed by atoms with Crippen molar-refractivity contribution >= 4 is 40.0 Å². The van der Waals surface area contributed by atoms with Crippen molar-refractivity contribution in [2.24, 2.45) is 11.8 Å². The van der Waals surface area contributed by atoms with Crippen LogP contribution in [0.4, 0.5) is 37.7 Å².